The molecule has 0 radical (unpaired) electrons. The lowest BCUT2D eigenvalue weighted by molar-refractivity contribution is -0.124. The molecule has 1 amide bonds. The fourth-order valence-corrected chi connectivity index (χ4v) is 3.55. The fraction of sp³-hybridized carbons (Fsp3) is 0.545. The molecule has 2 aliphatic heterocycles. The summed E-state index contributed by atoms with van der Waals surface area (Å²) in [6.45, 7) is 0. The number of hydrogen-bond donors (Lipinski definition) is 1. The Morgan fingerprint density at radius 3 is 2.78 bits per heavy atom. The first-order valence-corrected chi connectivity index (χ1v) is 7.30. The van der Waals surface area contributed by atoms with E-state index < -0.39 is 15.9 Å². The van der Waals surface area contributed by atoms with Gasteiger partial charge < -0.3 is 9.15 Å². The Morgan fingerprint density at radius 1 is 1.39 bits per heavy atom. The highest BCUT2D eigenvalue weighted by Gasteiger charge is 2.45. The fourth-order valence-electron chi connectivity index (χ4n) is 2.59. The first-order valence-electron chi connectivity index (χ1n) is 5.82. The highest BCUT2D eigenvalue weighted by Crippen LogP contribution is 2.38. The molecule has 1 aromatic heterocycles. The number of ether oxygens (including phenoxy) is 1. The average Bonchev–Trinajstić information content (AvgIpc) is 3.05. The van der Waals surface area contributed by atoms with Gasteiger partial charge in [0.15, 0.2) is 0 Å². The molecule has 7 heteroatoms. The van der Waals surface area contributed by atoms with Gasteiger partial charge in [0.05, 0.1) is 24.4 Å². The Morgan fingerprint density at radius 2 is 2.22 bits per heavy atom. The Kier molecular flexibility index (Phi) is 2.67. The van der Waals surface area contributed by atoms with Crippen LogP contribution in [0.4, 0.5) is 0 Å². The van der Waals surface area contributed by atoms with E-state index >= 15 is 0 Å². The van der Waals surface area contributed by atoms with E-state index in [0.717, 1.165) is 12.8 Å². The summed E-state index contributed by atoms with van der Waals surface area (Å²) in [5, 5.41) is -0.250. The number of sulfonamides is 1. The number of amides is 1. The Labute approximate surface area is 104 Å². The van der Waals surface area contributed by atoms with E-state index in [9.17, 15) is 13.2 Å². The number of nitrogens with one attached hydrogen (secondary N) is 1. The van der Waals surface area contributed by atoms with E-state index in [1.807, 2.05) is 4.72 Å². The quantitative estimate of drug-likeness (QED) is 0.872. The Hall–Kier alpha value is -1.34. The minimum Gasteiger partial charge on any atom is -0.451 e. The van der Waals surface area contributed by atoms with Crippen LogP contribution in [0.1, 0.15) is 19.3 Å². The third kappa shape index (κ3) is 1.93. The molecule has 2 aliphatic rings. The van der Waals surface area contributed by atoms with Crippen molar-refractivity contribution in [2.75, 3.05) is 0 Å². The van der Waals surface area contributed by atoms with Gasteiger partial charge in [0.2, 0.25) is 11.0 Å². The predicted molar refractivity (Wildman–Crippen MR) is 60.0 cm³/mol. The van der Waals surface area contributed by atoms with Crippen molar-refractivity contribution in [1.82, 2.24) is 4.72 Å². The number of carbonyl (C=O) groups excluding carboxylic acids is 1. The maximum atomic E-state index is 11.9. The Balaban J connectivity index is 1.72. The summed E-state index contributed by atoms with van der Waals surface area (Å²) in [6, 6.07) is 2.76. The zero-order valence-corrected chi connectivity index (χ0v) is 10.4. The normalized spacial score (nSPS) is 30.6. The van der Waals surface area contributed by atoms with Crippen LogP contribution in [0.5, 0.6) is 0 Å². The molecular formula is C11H13NO5S. The molecule has 0 spiro atoms. The molecule has 0 saturated carbocycles. The van der Waals surface area contributed by atoms with Crippen molar-refractivity contribution >= 4 is 15.9 Å². The zero-order chi connectivity index (χ0) is 12.8. The summed E-state index contributed by atoms with van der Waals surface area (Å²) in [6.07, 6.45) is 3.60. The van der Waals surface area contributed by atoms with Gasteiger partial charge in [-0.2, -0.15) is 8.42 Å². The summed E-state index contributed by atoms with van der Waals surface area (Å²) in [7, 11) is -3.89. The third-order valence-electron chi connectivity index (χ3n) is 3.44. The monoisotopic (exact) mass is 271 g/mol. The second kappa shape index (κ2) is 4.10. The van der Waals surface area contributed by atoms with E-state index in [0.29, 0.717) is 6.42 Å². The molecule has 0 unspecified atom stereocenters. The lowest BCUT2D eigenvalue weighted by Crippen LogP contribution is -2.39. The molecule has 2 saturated heterocycles. The number of carbonyl (C=O) groups is 1. The van der Waals surface area contributed by atoms with E-state index in [2.05, 4.69) is 0 Å². The zero-order valence-electron chi connectivity index (χ0n) is 9.53. The van der Waals surface area contributed by atoms with Crippen LogP contribution in [0.2, 0.25) is 0 Å². The van der Waals surface area contributed by atoms with Gasteiger partial charge in [0.1, 0.15) is 0 Å². The van der Waals surface area contributed by atoms with Crippen molar-refractivity contribution in [3.63, 3.8) is 0 Å². The lowest BCUT2D eigenvalue weighted by atomic mass is 9.89. The van der Waals surface area contributed by atoms with Gasteiger partial charge in [-0.3, -0.25) is 4.79 Å². The van der Waals surface area contributed by atoms with Crippen molar-refractivity contribution < 1.29 is 22.4 Å². The van der Waals surface area contributed by atoms with Gasteiger partial charge in [-0.1, -0.05) is 0 Å². The summed E-state index contributed by atoms with van der Waals surface area (Å²) >= 11 is 0. The molecule has 0 aliphatic carbocycles. The molecule has 18 heavy (non-hydrogen) atoms. The molecular weight excluding hydrogens is 258 g/mol. The first kappa shape index (κ1) is 11.7. The topological polar surface area (TPSA) is 85.6 Å². The third-order valence-corrected chi connectivity index (χ3v) is 4.67. The number of furan rings is 1. The second-order valence-electron chi connectivity index (χ2n) is 4.62. The highest BCUT2D eigenvalue weighted by molar-refractivity contribution is 7.89. The molecule has 3 heterocycles. The summed E-state index contributed by atoms with van der Waals surface area (Å²) in [4.78, 5) is 11.9. The van der Waals surface area contributed by atoms with Crippen molar-refractivity contribution in [2.45, 2.75) is 36.6 Å². The highest BCUT2D eigenvalue weighted by atomic mass is 32.2. The second-order valence-corrected chi connectivity index (χ2v) is 6.23. The van der Waals surface area contributed by atoms with Crippen LogP contribution in [-0.4, -0.2) is 26.5 Å². The number of hydrogen-bond acceptors (Lipinski definition) is 5. The van der Waals surface area contributed by atoms with Gasteiger partial charge >= 0.3 is 0 Å². The van der Waals surface area contributed by atoms with E-state index in [1.54, 1.807) is 0 Å². The summed E-state index contributed by atoms with van der Waals surface area (Å²) in [5.41, 5.74) is 0. The van der Waals surface area contributed by atoms with E-state index in [1.165, 1.54) is 18.4 Å². The van der Waals surface area contributed by atoms with Crippen molar-refractivity contribution in [3.8, 4) is 0 Å². The largest absolute Gasteiger partial charge is 0.451 e. The molecule has 0 aromatic carbocycles. The van der Waals surface area contributed by atoms with Crippen LogP contribution < -0.4 is 4.72 Å². The minimum atomic E-state index is -3.89. The van der Waals surface area contributed by atoms with Gasteiger partial charge in [0, 0.05) is 0 Å². The van der Waals surface area contributed by atoms with Crippen molar-refractivity contribution in [2.24, 2.45) is 5.92 Å². The van der Waals surface area contributed by atoms with Crippen LogP contribution in [0.3, 0.4) is 0 Å². The van der Waals surface area contributed by atoms with Crippen LogP contribution in [-0.2, 0) is 19.6 Å². The van der Waals surface area contributed by atoms with Gasteiger partial charge in [-0.25, -0.2) is 4.72 Å². The van der Waals surface area contributed by atoms with Crippen molar-refractivity contribution in [1.29, 1.82) is 0 Å². The number of fused-ring (bicyclic) bond motifs is 2. The maximum Gasteiger partial charge on any atom is 0.297 e. The van der Waals surface area contributed by atoms with E-state index in [-0.39, 0.29) is 23.2 Å². The van der Waals surface area contributed by atoms with Crippen LogP contribution >= 0.6 is 0 Å². The SMILES string of the molecule is O=C(NS(=O)(=O)c1ccco1)[C@@H]1C[C@@H]2CC[C@H]1O2. The van der Waals surface area contributed by atoms with Gasteiger partial charge in [-0.15, -0.1) is 0 Å². The molecule has 2 fully saturated rings. The predicted octanol–water partition coefficient (Wildman–Crippen LogP) is 0.652. The molecule has 3 atom stereocenters. The number of rotatable bonds is 3. The van der Waals surface area contributed by atoms with Crippen molar-refractivity contribution in [3.05, 3.63) is 18.4 Å². The molecule has 1 N–H and O–H groups in total. The van der Waals surface area contributed by atoms with Gasteiger partial charge in [0.25, 0.3) is 10.0 Å². The average molecular weight is 271 g/mol. The van der Waals surface area contributed by atoms with Crippen LogP contribution in [0, 0.1) is 5.92 Å². The standard InChI is InChI=1S/C11H13NO5S/c13-11(8-6-7-3-4-9(8)17-7)12-18(14,15)10-2-1-5-16-10/h1-2,5,7-9H,3-4,6H2,(H,12,13)/t7-,8+,9+/m0/s1. The summed E-state index contributed by atoms with van der Waals surface area (Å²) in [5.74, 6) is -0.868. The smallest absolute Gasteiger partial charge is 0.297 e. The first-order chi connectivity index (χ1) is 8.56. The molecule has 3 rings (SSSR count). The molecule has 98 valence electrons. The van der Waals surface area contributed by atoms with Crippen LogP contribution in [0.15, 0.2) is 27.9 Å². The lowest BCUT2D eigenvalue weighted by Gasteiger charge is -2.17. The molecule has 6 nitrogen and oxygen atoms in total. The summed E-state index contributed by atoms with van der Waals surface area (Å²) < 4.78 is 36.0. The van der Waals surface area contributed by atoms with Gasteiger partial charge in [-0.05, 0) is 31.4 Å². The van der Waals surface area contributed by atoms with E-state index in [4.69, 9.17) is 9.15 Å². The molecule has 1 aromatic rings. The Bertz CT molecular complexity index is 550. The maximum absolute atomic E-state index is 11.9. The van der Waals surface area contributed by atoms with Crippen LogP contribution in [0.25, 0.3) is 0 Å². The molecule has 2 bridgehead atoms. The minimum absolute atomic E-state index is 0.108.